The Bertz CT molecular complexity index is 488. The van der Waals surface area contributed by atoms with Crippen molar-refractivity contribution in [2.45, 2.75) is 26.4 Å². The Hall–Kier alpha value is -1.77. The SMILES string of the molecule is C=C(C)C1Cc2c(ccc(OC)c2C(C)=O)O1. The van der Waals surface area contributed by atoms with E-state index in [0.29, 0.717) is 17.7 Å². The number of hydrogen-bond donors (Lipinski definition) is 0. The standard InChI is InChI=1S/C14H16O3/c1-8(2)13-7-10-11(17-13)5-6-12(16-4)14(10)9(3)15/h5-6,13H,1,7H2,2-4H3. The molecule has 90 valence electrons. The van der Waals surface area contributed by atoms with Gasteiger partial charge in [-0.2, -0.15) is 0 Å². The molecular formula is C14H16O3. The van der Waals surface area contributed by atoms with E-state index in [2.05, 4.69) is 6.58 Å². The Morgan fingerprint density at radius 2 is 2.18 bits per heavy atom. The number of ether oxygens (including phenoxy) is 2. The predicted molar refractivity (Wildman–Crippen MR) is 65.9 cm³/mol. The molecule has 1 aromatic carbocycles. The van der Waals surface area contributed by atoms with Crippen LogP contribution in [0.15, 0.2) is 24.3 Å². The number of methoxy groups -OCH3 is 1. The van der Waals surface area contributed by atoms with Crippen molar-refractivity contribution in [1.82, 2.24) is 0 Å². The van der Waals surface area contributed by atoms with Gasteiger partial charge in [0.05, 0.1) is 12.7 Å². The fraction of sp³-hybridized carbons (Fsp3) is 0.357. The highest BCUT2D eigenvalue weighted by molar-refractivity contribution is 5.99. The van der Waals surface area contributed by atoms with Crippen LogP contribution in [0.25, 0.3) is 0 Å². The molecule has 1 aliphatic rings. The van der Waals surface area contributed by atoms with Gasteiger partial charge in [-0.3, -0.25) is 4.79 Å². The quantitative estimate of drug-likeness (QED) is 0.593. The molecule has 0 radical (unpaired) electrons. The molecule has 1 heterocycles. The minimum absolute atomic E-state index is 0.00432. The summed E-state index contributed by atoms with van der Waals surface area (Å²) in [5.41, 5.74) is 2.54. The van der Waals surface area contributed by atoms with Crippen LogP contribution >= 0.6 is 0 Å². The van der Waals surface area contributed by atoms with Gasteiger partial charge in [-0.05, 0) is 31.6 Å². The lowest BCUT2D eigenvalue weighted by Crippen LogP contribution is -2.13. The second kappa shape index (κ2) is 4.24. The van der Waals surface area contributed by atoms with E-state index in [1.807, 2.05) is 13.0 Å². The largest absolute Gasteiger partial charge is 0.496 e. The van der Waals surface area contributed by atoms with E-state index >= 15 is 0 Å². The Morgan fingerprint density at radius 3 is 2.71 bits per heavy atom. The van der Waals surface area contributed by atoms with E-state index in [1.165, 1.54) is 0 Å². The van der Waals surface area contributed by atoms with E-state index in [-0.39, 0.29) is 11.9 Å². The van der Waals surface area contributed by atoms with Gasteiger partial charge in [-0.1, -0.05) is 6.58 Å². The van der Waals surface area contributed by atoms with Crippen LogP contribution in [0.2, 0.25) is 0 Å². The lowest BCUT2D eigenvalue weighted by Gasteiger charge is -2.09. The molecule has 0 aliphatic carbocycles. The van der Waals surface area contributed by atoms with E-state index < -0.39 is 0 Å². The first-order valence-electron chi connectivity index (χ1n) is 5.57. The van der Waals surface area contributed by atoms with Crippen LogP contribution in [-0.4, -0.2) is 19.0 Å². The van der Waals surface area contributed by atoms with Crippen LogP contribution < -0.4 is 9.47 Å². The third kappa shape index (κ3) is 1.93. The zero-order valence-corrected chi connectivity index (χ0v) is 10.4. The molecule has 0 spiro atoms. The maximum absolute atomic E-state index is 11.7. The summed E-state index contributed by atoms with van der Waals surface area (Å²) in [6, 6.07) is 3.62. The van der Waals surface area contributed by atoms with Crippen molar-refractivity contribution in [2.24, 2.45) is 0 Å². The molecule has 1 atom stereocenters. The number of benzene rings is 1. The monoisotopic (exact) mass is 232 g/mol. The van der Waals surface area contributed by atoms with Gasteiger partial charge in [0.15, 0.2) is 5.78 Å². The molecular weight excluding hydrogens is 216 g/mol. The summed E-state index contributed by atoms with van der Waals surface area (Å²) in [6.07, 6.45) is 0.659. The summed E-state index contributed by atoms with van der Waals surface area (Å²) in [6.45, 7) is 7.38. The van der Waals surface area contributed by atoms with Gasteiger partial charge in [0.2, 0.25) is 0 Å². The lowest BCUT2D eigenvalue weighted by atomic mass is 9.97. The van der Waals surface area contributed by atoms with Gasteiger partial charge in [-0.25, -0.2) is 0 Å². The summed E-state index contributed by atoms with van der Waals surface area (Å²) in [5.74, 6) is 1.39. The first-order valence-corrected chi connectivity index (χ1v) is 5.57. The van der Waals surface area contributed by atoms with Gasteiger partial charge >= 0.3 is 0 Å². The van der Waals surface area contributed by atoms with Gasteiger partial charge in [-0.15, -0.1) is 0 Å². The van der Waals surface area contributed by atoms with Crippen LogP contribution in [0.4, 0.5) is 0 Å². The van der Waals surface area contributed by atoms with E-state index in [1.54, 1.807) is 20.1 Å². The molecule has 0 N–H and O–H groups in total. The smallest absolute Gasteiger partial charge is 0.163 e. The van der Waals surface area contributed by atoms with Crippen molar-refractivity contribution in [1.29, 1.82) is 0 Å². The van der Waals surface area contributed by atoms with Crippen LogP contribution in [0.1, 0.15) is 29.8 Å². The number of carbonyl (C=O) groups is 1. The molecule has 2 rings (SSSR count). The molecule has 17 heavy (non-hydrogen) atoms. The molecule has 1 aliphatic heterocycles. The van der Waals surface area contributed by atoms with Gasteiger partial charge in [0, 0.05) is 12.0 Å². The fourth-order valence-corrected chi connectivity index (χ4v) is 2.13. The molecule has 0 saturated carbocycles. The Morgan fingerprint density at radius 1 is 1.47 bits per heavy atom. The van der Waals surface area contributed by atoms with Crippen molar-refractivity contribution in [2.75, 3.05) is 7.11 Å². The fourth-order valence-electron chi connectivity index (χ4n) is 2.13. The molecule has 0 amide bonds. The van der Waals surface area contributed by atoms with Crippen molar-refractivity contribution in [3.63, 3.8) is 0 Å². The number of Topliss-reactive ketones (excluding diaryl/α,β-unsaturated/α-hetero) is 1. The highest BCUT2D eigenvalue weighted by atomic mass is 16.5. The van der Waals surface area contributed by atoms with Crippen molar-refractivity contribution < 1.29 is 14.3 Å². The van der Waals surface area contributed by atoms with Crippen LogP contribution in [0.5, 0.6) is 11.5 Å². The topological polar surface area (TPSA) is 35.5 Å². The van der Waals surface area contributed by atoms with Crippen molar-refractivity contribution >= 4 is 5.78 Å². The van der Waals surface area contributed by atoms with Crippen LogP contribution in [-0.2, 0) is 6.42 Å². The third-order valence-electron chi connectivity index (χ3n) is 3.01. The Labute approximate surface area is 101 Å². The lowest BCUT2D eigenvalue weighted by molar-refractivity contribution is 0.101. The average Bonchev–Trinajstić information content (AvgIpc) is 2.70. The van der Waals surface area contributed by atoms with Gasteiger partial charge in [0.1, 0.15) is 17.6 Å². The number of ketones is 1. The number of hydrogen-bond acceptors (Lipinski definition) is 3. The molecule has 1 aromatic rings. The summed E-state index contributed by atoms with van der Waals surface area (Å²) in [5, 5.41) is 0. The number of fused-ring (bicyclic) bond motifs is 1. The Balaban J connectivity index is 2.50. The molecule has 0 fully saturated rings. The molecule has 0 saturated heterocycles. The maximum Gasteiger partial charge on any atom is 0.163 e. The molecule has 3 heteroatoms. The first kappa shape index (κ1) is 11.7. The second-order valence-electron chi connectivity index (χ2n) is 4.33. The minimum Gasteiger partial charge on any atom is -0.496 e. The van der Waals surface area contributed by atoms with E-state index in [4.69, 9.17) is 9.47 Å². The number of rotatable bonds is 3. The summed E-state index contributed by atoms with van der Waals surface area (Å²) in [4.78, 5) is 11.7. The summed E-state index contributed by atoms with van der Waals surface area (Å²) >= 11 is 0. The van der Waals surface area contributed by atoms with E-state index in [0.717, 1.165) is 16.9 Å². The molecule has 3 nitrogen and oxygen atoms in total. The predicted octanol–water partition coefficient (Wildman–Crippen LogP) is 2.78. The summed E-state index contributed by atoms with van der Waals surface area (Å²) < 4.78 is 11.0. The second-order valence-corrected chi connectivity index (χ2v) is 4.33. The van der Waals surface area contributed by atoms with Crippen LogP contribution in [0.3, 0.4) is 0 Å². The zero-order chi connectivity index (χ0) is 12.6. The van der Waals surface area contributed by atoms with Gasteiger partial charge < -0.3 is 9.47 Å². The summed E-state index contributed by atoms with van der Waals surface area (Å²) in [7, 11) is 1.57. The van der Waals surface area contributed by atoms with E-state index in [9.17, 15) is 4.79 Å². The minimum atomic E-state index is -0.0322. The first-order chi connectivity index (χ1) is 8.04. The van der Waals surface area contributed by atoms with Crippen LogP contribution in [0, 0.1) is 0 Å². The van der Waals surface area contributed by atoms with Gasteiger partial charge in [0.25, 0.3) is 0 Å². The van der Waals surface area contributed by atoms with Crippen molar-refractivity contribution in [3.05, 3.63) is 35.4 Å². The zero-order valence-electron chi connectivity index (χ0n) is 10.4. The van der Waals surface area contributed by atoms with Crippen molar-refractivity contribution in [3.8, 4) is 11.5 Å². The highest BCUT2D eigenvalue weighted by Gasteiger charge is 2.29. The third-order valence-corrected chi connectivity index (χ3v) is 3.01. The maximum atomic E-state index is 11.7. The molecule has 0 aromatic heterocycles. The molecule has 1 unspecified atom stereocenters. The Kier molecular flexibility index (Phi) is 2.92. The highest BCUT2D eigenvalue weighted by Crippen LogP contribution is 2.38. The molecule has 0 bridgehead atoms. The average molecular weight is 232 g/mol. The number of carbonyl (C=O) groups excluding carboxylic acids is 1. The normalized spacial score (nSPS) is 17.2.